The molecule has 0 radical (unpaired) electrons. The number of nitrogens with one attached hydrogen (secondary N) is 1. The molecule has 2 aromatic rings. The first-order chi connectivity index (χ1) is 10.2. The summed E-state index contributed by atoms with van der Waals surface area (Å²) in [4.78, 5) is 15.9. The van der Waals surface area contributed by atoms with E-state index in [4.69, 9.17) is 0 Å². The normalized spacial score (nSPS) is 13.6. The number of aromatic nitrogens is 1. The molecule has 0 bridgehead atoms. The zero-order valence-corrected chi connectivity index (χ0v) is 12.1. The average Bonchev–Trinajstić information content (AvgIpc) is 2.55. The van der Waals surface area contributed by atoms with Gasteiger partial charge in [0.2, 0.25) is 0 Å². The molecule has 2 N–H and O–H groups in total. The molecule has 1 heterocycles. The summed E-state index contributed by atoms with van der Waals surface area (Å²) < 4.78 is 0. The standard InChI is InChI=1S/C17H20N2O2/c1-13(17(21)14-6-3-2-4-7-14)19-11-9-16(20)15-8-5-10-18-12-15/h2-8,10,12-13,17,19,21H,9,11H2,1H3. The number of aliphatic hydroxyl groups excluding tert-OH is 1. The molecule has 2 atom stereocenters. The molecule has 0 aliphatic heterocycles. The third-order valence-electron chi connectivity index (χ3n) is 3.42. The van der Waals surface area contributed by atoms with Gasteiger partial charge in [-0.25, -0.2) is 0 Å². The van der Waals surface area contributed by atoms with E-state index in [2.05, 4.69) is 10.3 Å². The van der Waals surface area contributed by atoms with Crippen molar-refractivity contribution in [2.45, 2.75) is 25.5 Å². The summed E-state index contributed by atoms with van der Waals surface area (Å²) in [5.74, 6) is 0.0528. The Morgan fingerprint density at radius 1 is 1.24 bits per heavy atom. The van der Waals surface area contributed by atoms with Crippen molar-refractivity contribution in [1.82, 2.24) is 10.3 Å². The highest BCUT2D eigenvalue weighted by molar-refractivity contribution is 5.95. The second-order valence-corrected chi connectivity index (χ2v) is 5.01. The van der Waals surface area contributed by atoms with Crippen LogP contribution in [0.15, 0.2) is 54.9 Å². The Bertz CT molecular complexity index is 558. The van der Waals surface area contributed by atoms with Gasteiger partial charge in [-0.15, -0.1) is 0 Å². The molecule has 1 aromatic carbocycles. The Hall–Kier alpha value is -2.04. The summed E-state index contributed by atoms with van der Waals surface area (Å²) in [6.45, 7) is 2.44. The zero-order valence-electron chi connectivity index (χ0n) is 12.1. The molecule has 110 valence electrons. The van der Waals surface area contributed by atoms with Crippen molar-refractivity contribution < 1.29 is 9.90 Å². The van der Waals surface area contributed by atoms with Gasteiger partial charge < -0.3 is 10.4 Å². The smallest absolute Gasteiger partial charge is 0.165 e. The molecular weight excluding hydrogens is 264 g/mol. The minimum atomic E-state index is -0.584. The van der Waals surface area contributed by atoms with Gasteiger partial charge in [0.15, 0.2) is 5.78 Å². The largest absolute Gasteiger partial charge is 0.387 e. The highest BCUT2D eigenvalue weighted by Gasteiger charge is 2.15. The van der Waals surface area contributed by atoms with Gasteiger partial charge >= 0.3 is 0 Å². The summed E-state index contributed by atoms with van der Waals surface area (Å²) in [5.41, 5.74) is 1.49. The number of hydrogen-bond acceptors (Lipinski definition) is 4. The molecule has 4 nitrogen and oxygen atoms in total. The van der Waals surface area contributed by atoms with Crippen LogP contribution in [0.3, 0.4) is 0 Å². The number of carbonyl (C=O) groups is 1. The molecule has 0 amide bonds. The lowest BCUT2D eigenvalue weighted by Crippen LogP contribution is -2.33. The second-order valence-electron chi connectivity index (χ2n) is 5.01. The maximum atomic E-state index is 11.9. The van der Waals surface area contributed by atoms with Crippen LogP contribution in [0.1, 0.15) is 35.4 Å². The average molecular weight is 284 g/mol. The van der Waals surface area contributed by atoms with Crippen LogP contribution in [-0.4, -0.2) is 28.5 Å². The van der Waals surface area contributed by atoms with Crippen molar-refractivity contribution in [3.63, 3.8) is 0 Å². The highest BCUT2D eigenvalue weighted by Crippen LogP contribution is 2.15. The Morgan fingerprint density at radius 2 is 2.00 bits per heavy atom. The van der Waals surface area contributed by atoms with Crippen LogP contribution in [0.2, 0.25) is 0 Å². The van der Waals surface area contributed by atoms with E-state index < -0.39 is 6.10 Å². The summed E-state index contributed by atoms with van der Waals surface area (Å²) >= 11 is 0. The fourth-order valence-corrected chi connectivity index (χ4v) is 2.14. The lowest BCUT2D eigenvalue weighted by molar-refractivity contribution is 0.0972. The Morgan fingerprint density at radius 3 is 2.67 bits per heavy atom. The van der Waals surface area contributed by atoms with E-state index in [0.717, 1.165) is 5.56 Å². The van der Waals surface area contributed by atoms with E-state index in [9.17, 15) is 9.90 Å². The Balaban J connectivity index is 1.79. The zero-order chi connectivity index (χ0) is 15.1. The monoisotopic (exact) mass is 284 g/mol. The molecule has 0 fully saturated rings. The van der Waals surface area contributed by atoms with Gasteiger partial charge in [0.25, 0.3) is 0 Å². The molecule has 0 saturated heterocycles. The van der Waals surface area contributed by atoms with E-state index in [0.29, 0.717) is 18.5 Å². The number of pyridine rings is 1. The molecule has 4 heteroatoms. The van der Waals surface area contributed by atoms with Crippen LogP contribution in [0.25, 0.3) is 0 Å². The Kier molecular flexibility index (Phi) is 5.60. The van der Waals surface area contributed by atoms with Crippen molar-refractivity contribution >= 4 is 5.78 Å². The van der Waals surface area contributed by atoms with Crippen LogP contribution in [0.5, 0.6) is 0 Å². The fraction of sp³-hybridized carbons (Fsp3) is 0.294. The third kappa shape index (κ3) is 4.48. The topological polar surface area (TPSA) is 62.2 Å². The summed E-state index contributed by atoms with van der Waals surface area (Å²) in [6, 6.07) is 12.9. The number of ketones is 1. The quantitative estimate of drug-likeness (QED) is 0.766. The first-order valence-corrected chi connectivity index (χ1v) is 7.08. The van der Waals surface area contributed by atoms with Crippen molar-refractivity contribution in [3.05, 3.63) is 66.0 Å². The third-order valence-corrected chi connectivity index (χ3v) is 3.42. The predicted octanol–water partition coefficient (Wildman–Crippen LogP) is 2.37. The van der Waals surface area contributed by atoms with E-state index in [1.807, 2.05) is 37.3 Å². The number of aliphatic hydroxyl groups is 1. The number of carbonyl (C=O) groups excluding carboxylic acids is 1. The van der Waals surface area contributed by atoms with E-state index in [1.54, 1.807) is 24.5 Å². The van der Waals surface area contributed by atoms with Crippen LogP contribution in [0, 0.1) is 0 Å². The van der Waals surface area contributed by atoms with Crippen LogP contribution in [-0.2, 0) is 0 Å². The predicted molar refractivity (Wildman–Crippen MR) is 82.1 cm³/mol. The van der Waals surface area contributed by atoms with Crippen LogP contribution >= 0.6 is 0 Å². The second kappa shape index (κ2) is 7.67. The summed E-state index contributed by atoms with van der Waals surface area (Å²) in [5, 5.41) is 13.4. The van der Waals surface area contributed by atoms with Crippen molar-refractivity contribution in [2.24, 2.45) is 0 Å². The lowest BCUT2D eigenvalue weighted by Gasteiger charge is -2.20. The molecule has 1 aromatic heterocycles. The van der Waals surface area contributed by atoms with Gasteiger partial charge in [0.1, 0.15) is 0 Å². The SMILES string of the molecule is CC(NCCC(=O)c1cccnc1)C(O)c1ccccc1. The summed E-state index contributed by atoms with van der Waals surface area (Å²) in [6.07, 6.45) is 3.02. The van der Waals surface area contributed by atoms with Crippen molar-refractivity contribution in [3.8, 4) is 0 Å². The molecule has 0 saturated carbocycles. The van der Waals surface area contributed by atoms with Gasteiger partial charge in [-0.3, -0.25) is 9.78 Å². The maximum Gasteiger partial charge on any atom is 0.165 e. The number of Topliss-reactive ketones (excluding diaryl/α,β-unsaturated/α-hetero) is 1. The molecular formula is C17H20N2O2. The van der Waals surface area contributed by atoms with Gasteiger partial charge in [-0.05, 0) is 24.6 Å². The van der Waals surface area contributed by atoms with E-state index in [1.165, 1.54) is 0 Å². The molecule has 2 rings (SSSR count). The molecule has 0 spiro atoms. The minimum absolute atomic E-state index is 0.0528. The minimum Gasteiger partial charge on any atom is -0.387 e. The first-order valence-electron chi connectivity index (χ1n) is 7.08. The van der Waals surface area contributed by atoms with Crippen LogP contribution in [0.4, 0.5) is 0 Å². The van der Waals surface area contributed by atoms with Gasteiger partial charge in [-0.2, -0.15) is 0 Å². The van der Waals surface area contributed by atoms with Gasteiger partial charge in [-0.1, -0.05) is 30.3 Å². The van der Waals surface area contributed by atoms with Crippen molar-refractivity contribution in [1.29, 1.82) is 0 Å². The first kappa shape index (κ1) is 15.4. The highest BCUT2D eigenvalue weighted by atomic mass is 16.3. The Labute approximate surface area is 124 Å². The van der Waals surface area contributed by atoms with Gasteiger partial charge in [0.05, 0.1) is 6.10 Å². The number of hydrogen-bond donors (Lipinski definition) is 2. The summed E-state index contributed by atoms with van der Waals surface area (Å²) in [7, 11) is 0. The maximum absolute atomic E-state index is 11.9. The fourth-order valence-electron chi connectivity index (χ4n) is 2.14. The molecule has 0 aliphatic carbocycles. The van der Waals surface area contributed by atoms with Crippen molar-refractivity contribution in [2.75, 3.05) is 6.54 Å². The van der Waals surface area contributed by atoms with Gasteiger partial charge in [0, 0.05) is 37.0 Å². The number of benzene rings is 1. The van der Waals surface area contributed by atoms with Crippen LogP contribution < -0.4 is 5.32 Å². The number of rotatable bonds is 7. The van der Waals surface area contributed by atoms with E-state index in [-0.39, 0.29) is 11.8 Å². The molecule has 0 aliphatic rings. The molecule has 2 unspecified atom stereocenters. The lowest BCUT2D eigenvalue weighted by atomic mass is 10.0. The number of nitrogens with zero attached hydrogens (tertiary/aromatic N) is 1. The molecule has 21 heavy (non-hydrogen) atoms. The van der Waals surface area contributed by atoms with E-state index >= 15 is 0 Å².